The molecule has 2 nitrogen and oxygen atoms in total. The van der Waals surface area contributed by atoms with E-state index < -0.39 is 0 Å². The van der Waals surface area contributed by atoms with E-state index in [-0.39, 0.29) is 0 Å². The lowest BCUT2D eigenvalue weighted by atomic mass is 10.1. The fourth-order valence-corrected chi connectivity index (χ4v) is 0.960. The van der Waals surface area contributed by atoms with Crippen molar-refractivity contribution in [3.8, 4) is 0 Å². The van der Waals surface area contributed by atoms with E-state index in [1.807, 2.05) is 18.2 Å². The molecule has 1 aromatic rings. The molecule has 11 heavy (non-hydrogen) atoms. The van der Waals surface area contributed by atoms with Gasteiger partial charge in [0.15, 0.2) is 0 Å². The fourth-order valence-electron chi connectivity index (χ4n) is 0.960. The van der Waals surface area contributed by atoms with Crippen LogP contribution in [0.1, 0.15) is 18.1 Å². The molecule has 0 heterocycles. The molecule has 0 atom stereocenters. The summed E-state index contributed by atoms with van der Waals surface area (Å²) in [7, 11) is 0. The van der Waals surface area contributed by atoms with E-state index in [1.165, 1.54) is 11.8 Å². The minimum atomic E-state index is 0.937. The van der Waals surface area contributed by atoms with Crippen LogP contribution in [0.4, 0.5) is 0 Å². The monoisotopic (exact) mass is 149 g/mol. The van der Waals surface area contributed by atoms with Gasteiger partial charge in [0.25, 0.3) is 0 Å². The summed E-state index contributed by atoms with van der Waals surface area (Å²) in [6, 6.07) is 7.91. The molecule has 0 fully saturated rings. The third-order valence-electron chi connectivity index (χ3n) is 1.57. The first-order valence-corrected chi connectivity index (χ1v) is 3.63. The molecule has 1 aromatic carbocycles. The van der Waals surface area contributed by atoms with Crippen LogP contribution in [0.5, 0.6) is 0 Å². The van der Waals surface area contributed by atoms with Gasteiger partial charge < -0.3 is 5.21 Å². The fraction of sp³-hybridized carbons (Fsp3) is 0.222. The summed E-state index contributed by atoms with van der Waals surface area (Å²) >= 11 is 0. The Bertz CT molecular complexity index is 255. The average Bonchev–Trinajstić information content (AvgIpc) is 2.06. The van der Waals surface area contributed by atoms with Gasteiger partial charge in [-0.15, -0.1) is 0 Å². The van der Waals surface area contributed by atoms with Crippen LogP contribution in [-0.4, -0.2) is 11.4 Å². The second kappa shape index (κ2) is 3.76. The molecule has 0 aromatic heterocycles. The van der Waals surface area contributed by atoms with Gasteiger partial charge >= 0.3 is 0 Å². The van der Waals surface area contributed by atoms with Crippen molar-refractivity contribution in [1.29, 1.82) is 0 Å². The topological polar surface area (TPSA) is 32.6 Å². The predicted octanol–water partition coefficient (Wildman–Crippen LogP) is 2.06. The van der Waals surface area contributed by atoms with Crippen LogP contribution in [0, 0.1) is 0 Å². The quantitative estimate of drug-likeness (QED) is 0.389. The van der Waals surface area contributed by atoms with E-state index in [0.717, 1.165) is 12.0 Å². The Balaban J connectivity index is 2.91. The highest BCUT2D eigenvalue weighted by atomic mass is 16.4. The van der Waals surface area contributed by atoms with E-state index in [9.17, 15) is 0 Å². The minimum absolute atomic E-state index is 0.937. The number of hydrogen-bond donors (Lipinski definition) is 1. The van der Waals surface area contributed by atoms with Gasteiger partial charge in [-0.1, -0.05) is 36.3 Å². The summed E-state index contributed by atoms with van der Waals surface area (Å²) < 4.78 is 0. The second-order valence-corrected chi connectivity index (χ2v) is 2.34. The zero-order valence-corrected chi connectivity index (χ0v) is 6.49. The molecule has 2 heteroatoms. The maximum Gasteiger partial charge on any atom is 0.0733 e. The Morgan fingerprint density at radius 3 is 3.00 bits per heavy atom. The molecular formula is C9H11NO. The summed E-state index contributed by atoms with van der Waals surface area (Å²) in [5, 5.41) is 11.2. The molecule has 0 saturated carbocycles. The number of nitrogens with zero attached hydrogens (tertiary/aromatic N) is 1. The van der Waals surface area contributed by atoms with Crippen LogP contribution in [0.15, 0.2) is 29.4 Å². The summed E-state index contributed by atoms with van der Waals surface area (Å²) in [5.74, 6) is 0. The number of hydrogen-bond acceptors (Lipinski definition) is 2. The van der Waals surface area contributed by atoms with Gasteiger partial charge in [0.05, 0.1) is 6.21 Å². The molecule has 0 bridgehead atoms. The van der Waals surface area contributed by atoms with Crippen molar-refractivity contribution in [3.05, 3.63) is 35.4 Å². The highest BCUT2D eigenvalue weighted by Gasteiger charge is 1.89. The lowest BCUT2D eigenvalue weighted by Crippen LogP contribution is -1.84. The number of aryl methyl sites for hydroxylation is 1. The largest absolute Gasteiger partial charge is 0.411 e. The number of benzene rings is 1. The molecule has 0 amide bonds. The van der Waals surface area contributed by atoms with Gasteiger partial charge in [-0.3, -0.25) is 0 Å². The second-order valence-electron chi connectivity index (χ2n) is 2.34. The van der Waals surface area contributed by atoms with Gasteiger partial charge in [0.2, 0.25) is 0 Å². The Labute approximate surface area is 66.2 Å². The molecule has 0 saturated heterocycles. The minimum Gasteiger partial charge on any atom is -0.411 e. The van der Waals surface area contributed by atoms with Gasteiger partial charge in [0, 0.05) is 0 Å². The van der Waals surface area contributed by atoms with Crippen molar-refractivity contribution in [1.82, 2.24) is 0 Å². The van der Waals surface area contributed by atoms with Crippen molar-refractivity contribution < 1.29 is 5.21 Å². The van der Waals surface area contributed by atoms with E-state index in [2.05, 4.69) is 18.1 Å². The number of oxime groups is 1. The van der Waals surface area contributed by atoms with Gasteiger partial charge in [-0.2, -0.15) is 0 Å². The third kappa shape index (κ3) is 2.08. The molecule has 1 rings (SSSR count). The highest BCUT2D eigenvalue weighted by molar-refractivity contribution is 5.79. The van der Waals surface area contributed by atoms with Crippen molar-refractivity contribution in [2.45, 2.75) is 13.3 Å². The van der Waals surface area contributed by atoms with Gasteiger partial charge in [-0.05, 0) is 17.5 Å². The Hall–Kier alpha value is -1.31. The molecule has 0 spiro atoms. The van der Waals surface area contributed by atoms with Crippen LogP contribution in [0.2, 0.25) is 0 Å². The molecule has 0 aliphatic carbocycles. The van der Waals surface area contributed by atoms with Crippen molar-refractivity contribution in [2.24, 2.45) is 5.16 Å². The lowest BCUT2D eigenvalue weighted by Gasteiger charge is -1.95. The zero-order valence-electron chi connectivity index (χ0n) is 6.49. The zero-order chi connectivity index (χ0) is 8.10. The smallest absolute Gasteiger partial charge is 0.0733 e. The first-order valence-electron chi connectivity index (χ1n) is 3.63. The maximum atomic E-state index is 8.25. The van der Waals surface area contributed by atoms with Crippen LogP contribution >= 0.6 is 0 Å². The summed E-state index contributed by atoms with van der Waals surface area (Å²) in [4.78, 5) is 0. The SMILES string of the molecule is CCc1cccc(C=NO)c1. The van der Waals surface area contributed by atoms with E-state index in [0.29, 0.717) is 0 Å². The first-order chi connectivity index (χ1) is 5.36. The van der Waals surface area contributed by atoms with Crippen molar-refractivity contribution >= 4 is 6.21 Å². The molecule has 0 radical (unpaired) electrons. The Morgan fingerprint density at radius 2 is 2.36 bits per heavy atom. The van der Waals surface area contributed by atoms with Gasteiger partial charge in [0.1, 0.15) is 0 Å². The number of rotatable bonds is 2. The predicted molar refractivity (Wildman–Crippen MR) is 45.2 cm³/mol. The Kier molecular flexibility index (Phi) is 2.66. The van der Waals surface area contributed by atoms with Crippen LogP contribution in [0.3, 0.4) is 0 Å². The molecule has 0 aliphatic heterocycles. The first kappa shape index (κ1) is 7.79. The van der Waals surface area contributed by atoms with Crippen LogP contribution in [-0.2, 0) is 6.42 Å². The molecule has 0 aliphatic rings. The maximum absolute atomic E-state index is 8.25. The summed E-state index contributed by atoms with van der Waals surface area (Å²) in [6.07, 6.45) is 2.44. The van der Waals surface area contributed by atoms with E-state index in [1.54, 1.807) is 0 Å². The molecule has 1 N–H and O–H groups in total. The molecular weight excluding hydrogens is 138 g/mol. The molecule has 0 unspecified atom stereocenters. The van der Waals surface area contributed by atoms with Crippen LogP contribution < -0.4 is 0 Å². The van der Waals surface area contributed by atoms with Crippen molar-refractivity contribution in [2.75, 3.05) is 0 Å². The standard InChI is InChI=1S/C9H11NO/c1-2-8-4-3-5-9(6-8)7-10-11/h3-7,11H,2H2,1H3. The normalized spacial score (nSPS) is 10.6. The summed E-state index contributed by atoms with van der Waals surface area (Å²) in [6.45, 7) is 2.09. The lowest BCUT2D eigenvalue weighted by molar-refractivity contribution is 0.322. The van der Waals surface area contributed by atoms with Gasteiger partial charge in [-0.25, -0.2) is 0 Å². The van der Waals surface area contributed by atoms with Crippen LogP contribution in [0.25, 0.3) is 0 Å². The van der Waals surface area contributed by atoms with E-state index in [4.69, 9.17) is 5.21 Å². The highest BCUT2D eigenvalue weighted by Crippen LogP contribution is 2.03. The average molecular weight is 149 g/mol. The third-order valence-corrected chi connectivity index (χ3v) is 1.57. The molecule has 58 valence electrons. The Morgan fingerprint density at radius 1 is 1.55 bits per heavy atom. The summed E-state index contributed by atoms with van der Waals surface area (Å²) in [5.41, 5.74) is 2.19. The van der Waals surface area contributed by atoms with Crippen molar-refractivity contribution in [3.63, 3.8) is 0 Å². The van der Waals surface area contributed by atoms with E-state index >= 15 is 0 Å².